The minimum Gasteiger partial charge on any atom is -0.493 e. The van der Waals surface area contributed by atoms with Gasteiger partial charge in [0.25, 0.3) is 0 Å². The Bertz CT molecular complexity index is 899. The van der Waals surface area contributed by atoms with Gasteiger partial charge in [-0.25, -0.2) is 0 Å². The first kappa shape index (κ1) is 19.3. The molecule has 3 rings (SSSR count). The second-order valence-electron chi connectivity index (χ2n) is 6.07. The molecule has 2 aromatic carbocycles. The number of ether oxygens (including phenoxy) is 1. The maximum atomic E-state index is 12.1. The zero-order valence-corrected chi connectivity index (χ0v) is 16.5. The second-order valence-corrected chi connectivity index (χ2v) is 7.57. The van der Waals surface area contributed by atoms with Crippen LogP contribution >= 0.6 is 22.9 Å². The van der Waals surface area contributed by atoms with Gasteiger partial charge in [-0.3, -0.25) is 4.79 Å². The Balaban J connectivity index is 1.40. The van der Waals surface area contributed by atoms with E-state index in [1.807, 2.05) is 49.4 Å². The van der Waals surface area contributed by atoms with Gasteiger partial charge >= 0.3 is 0 Å². The van der Waals surface area contributed by atoms with Crippen molar-refractivity contribution in [1.82, 2.24) is 10.2 Å². The van der Waals surface area contributed by atoms with Gasteiger partial charge in [-0.15, -0.1) is 10.2 Å². The van der Waals surface area contributed by atoms with Crippen molar-refractivity contribution in [3.05, 3.63) is 69.7 Å². The standard InChI is InChI=1S/C20H20ClN3O2S/c1-14-12-16(21)9-10-17(14)26-11-5-8-18(25)22-20-24-23-19(27-20)13-15-6-3-2-4-7-15/h2-4,6-7,9-10,12H,5,8,11,13H2,1H3,(H,22,24,25). The average molecular weight is 402 g/mol. The summed E-state index contributed by atoms with van der Waals surface area (Å²) in [6.07, 6.45) is 1.69. The van der Waals surface area contributed by atoms with Crippen molar-refractivity contribution >= 4 is 34.0 Å². The lowest BCUT2D eigenvalue weighted by atomic mass is 10.2. The van der Waals surface area contributed by atoms with Crippen molar-refractivity contribution in [3.8, 4) is 5.75 Å². The summed E-state index contributed by atoms with van der Waals surface area (Å²) in [6.45, 7) is 2.40. The van der Waals surface area contributed by atoms with E-state index in [4.69, 9.17) is 16.3 Å². The predicted molar refractivity (Wildman–Crippen MR) is 109 cm³/mol. The highest BCUT2D eigenvalue weighted by Crippen LogP contribution is 2.22. The molecule has 3 aromatic rings. The topological polar surface area (TPSA) is 64.1 Å². The number of nitrogens with one attached hydrogen (secondary N) is 1. The van der Waals surface area contributed by atoms with Gasteiger partial charge in [0.1, 0.15) is 10.8 Å². The molecule has 0 aliphatic rings. The van der Waals surface area contributed by atoms with Crippen LogP contribution in [0.25, 0.3) is 0 Å². The lowest BCUT2D eigenvalue weighted by Gasteiger charge is -2.09. The summed E-state index contributed by atoms with van der Waals surface area (Å²) >= 11 is 7.32. The van der Waals surface area contributed by atoms with Crippen LogP contribution in [0.4, 0.5) is 5.13 Å². The highest BCUT2D eigenvalue weighted by Gasteiger charge is 2.09. The van der Waals surface area contributed by atoms with E-state index in [0.29, 0.717) is 36.0 Å². The van der Waals surface area contributed by atoms with Crippen LogP contribution < -0.4 is 10.1 Å². The summed E-state index contributed by atoms with van der Waals surface area (Å²) in [6, 6.07) is 15.5. The first-order valence-electron chi connectivity index (χ1n) is 8.65. The fourth-order valence-corrected chi connectivity index (χ4v) is 3.53. The van der Waals surface area contributed by atoms with E-state index in [1.54, 1.807) is 6.07 Å². The van der Waals surface area contributed by atoms with Gasteiger partial charge in [-0.2, -0.15) is 0 Å². The number of benzene rings is 2. The Labute approximate surface area is 167 Å². The van der Waals surface area contributed by atoms with Gasteiger partial charge in [0.2, 0.25) is 11.0 Å². The van der Waals surface area contributed by atoms with E-state index in [0.717, 1.165) is 16.3 Å². The summed E-state index contributed by atoms with van der Waals surface area (Å²) in [7, 11) is 0. The first-order chi connectivity index (χ1) is 13.1. The largest absolute Gasteiger partial charge is 0.493 e. The number of anilines is 1. The molecular weight excluding hydrogens is 382 g/mol. The van der Waals surface area contributed by atoms with E-state index in [-0.39, 0.29) is 5.91 Å². The monoisotopic (exact) mass is 401 g/mol. The predicted octanol–water partition coefficient (Wildman–Crippen LogP) is 4.89. The fourth-order valence-electron chi connectivity index (χ4n) is 2.52. The van der Waals surface area contributed by atoms with E-state index in [2.05, 4.69) is 15.5 Å². The zero-order valence-electron chi connectivity index (χ0n) is 14.9. The molecule has 0 saturated heterocycles. The van der Waals surface area contributed by atoms with Crippen molar-refractivity contribution in [3.63, 3.8) is 0 Å². The molecule has 1 aromatic heterocycles. The smallest absolute Gasteiger partial charge is 0.226 e. The third-order valence-electron chi connectivity index (χ3n) is 3.85. The molecule has 0 radical (unpaired) electrons. The molecular formula is C20H20ClN3O2S. The van der Waals surface area contributed by atoms with Crippen molar-refractivity contribution in [2.24, 2.45) is 0 Å². The minimum absolute atomic E-state index is 0.0890. The minimum atomic E-state index is -0.0890. The van der Waals surface area contributed by atoms with Gasteiger partial charge in [0.15, 0.2) is 0 Å². The number of aryl methyl sites for hydroxylation is 1. The number of carbonyl (C=O) groups excluding carboxylic acids is 1. The molecule has 0 aliphatic heterocycles. The Morgan fingerprint density at radius 2 is 2.00 bits per heavy atom. The van der Waals surface area contributed by atoms with Crippen molar-refractivity contribution < 1.29 is 9.53 Å². The number of carbonyl (C=O) groups is 1. The number of halogens is 1. The maximum absolute atomic E-state index is 12.1. The molecule has 0 aliphatic carbocycles. The van der Waals surface area contributed by atoms with Gasteiger partial charge in [0.05, 0.1) is 6.61 Å². The Hall–Kier alpha value is -2.44. The van der Waals surface area contributed by atoms with E-state index in [1.165, 1.54) is 16.9 Å². The molecule has 1 heterocycles. The third-order valence-corrected chi connectivity index (χ3v) is 4.93. The van der Waals surface area contributed by atoms with E-state index >= 15 is 0 Å². The van der Waals surface area contributed by atoms with Crippen LogP contribution in [0.1, 0.15) is 29.0 Å². The summed E-state index contributed by atoms with van der Waals surface area (Å²) in [4.78, 5) is 12.1. The van der Waals surface area contributed by atoms with Crippen molar-refractivity contribution in [2.45, 2.75) is 26.2 Å². The molecule has 1 amide bonds. The average Bonchev–Trinajstić information content (AvgIpc) is 3.08. The lowest BCUT2D eigenvalue weighted by Crippen LogP contribution is -2.12. The number of nitrogens with zero attached hydrogens (tertiary/aromatic N) is 2. The van der Waals surface area contributed by atoms with E-state index < -0.39 is 0 Å². The molecule has 140 valence electrons. The van der Waals surface area contributed by atoms with Gasteiger partial charge in [-0.1, -0.05) is 53.3 Å². The Morgan fingerprint density at radius 1 is 1.19 bits per heavy atom. The SMILES string of the molecule is Cc1cc(Cl)ccc1OCCCC(=O)Nc1nnc(Cc2ccccc2)s1. The van der Waals surface area contributed by atoms with Gasteiger partial charge in [0, 0.05) is 17.9 Å². The number of amides is 1. The summed E-state index contributed by atoms with van der Waals surface area (Å²) in [5.74, 6) is 0.698. The summed E-state index contributed by atoms with van der Waals surface area (Å²) < 4.78 is 5.70. The number of hydrogen-bond acceptors (Lipinski definition) is 5. The maximum Gasteiger partial charge on any atom is 0.226 e. The quantitative estimate of drug-likeness (QED) is 0.546. The number of rotatable bonds is 8. The molecule has 0 bridgehead atoms. The van der Waals surface area contributed by atoms with Gasteiger partial charge in [-0.05, 0) is 42.7 Å². The van der Waals surface area contributed by atoms with Gasteiger partial charge < -0.3 is 10.1 Å². The number of aromatic nitrogens is 2. The highest BCUT2D eigenvalue weighted by atomic mass is 35.5. The van der Waals surface area contributed by atoms with Crippen molar-refractivity contribution in [1.29, 1.82) is 0 Å². The zero-order chi connectivity index (χ0) is 19.1. The summed E-state index contributed by atoms with van der Waals surface area (Å²) in [5, 5.41) is 13.1. The number of hydrogen-bond donors (Lipinski definition) is 1. The highest BCUT2D eigenvalue weighted by molar-refractivity contribution is 7.15. The van der Waals surface area contributed by atoms with E-state index in [9.17, 15) is 4.79 Å². The molecule has 27 heavy (non-hydrogen) atoms. The molecule has 0 fully saturated rings. The molecule has 7 heteroatoms. The molecule has 0 atom stereocenters. The Morgan fingerprint density at radius 3 is 2.78 bits per heavy atom. The van der Waals surface area contributed by atoms with Crippen LogP contribution in [0.5, 0.6) is 5.75 Å². The molecule has 0 spiro atoms. The van der Waals surface area contributed by atoms with Crippen LogP contribution in [0.15, 0.2) is 48.5 Å². The van der Waals surface area contributed by atoms with Crippen LogP contribution in [0.3, 0.4) is 0 Å². The van der Waals surface area contributed by atoms with Crippen LogP contribution in [0.2, 0.25) is 5.02 Å². The van der Waals surface area contributed by atoms with Crippen LogP contribution in [0, 0.1) is 6.92 Å². The van der Waals surface area contributed by atoms with Crippen LogP contribution in [-0.2, 0) is 11.2 Å². The molecule has 1 N–H and O–H groups in total. The fraction of sp³-hybridized carbons (Fsp3) is 0.250. The molecule has 5 nitrogen and oxygen atoms in total. The molecule has 0 saturated carbocycles. The normalized spacial score (nSPS) is 10.6. The third kappa shape index (κ3) is 6.05. The molecule has 0 unspecified atom stereocenters. The summed E-state index contributed by atoms with van der Waals surface area (Å²) in [5.41, 5.74) is 2.15. The Kier molecular flexibility index (Phi) is 6.79. The van der Waals surface area contributed by atoms with Crippen LogP contribution in [-0.4, -0.2) is 22.7 Å². The lowest BCUT2D eigenvalue weighted by molar-refractivity contribution is -0.116. The second kappa shape index (κ2) is 9.48. The van der Waals surface area contributed by atoms with Crippen molar-refractivity contribution in [2.75, 3.05) is 11.9 Å². The first-order valence-corrected chi connectivity index (χ1v) is 9.85.